The summed E-state index contributed by atoms with van der Waals surface area (Å²) in [6.07, 6.45) is 3.38. The molecule has 0 aliphatic carbocycles. The van der Waals surface area contributed by atoms with Gasteiger partial charge in [-0.15, -0.1) is 0 Å². The number of primary sulfonamides is 1. The van der Waals surface area contributed by atoms with Gasteiger partial charge in [0.2, 0.25) is 15.9 Å². The summed E-state index contributed by atoms with van der Waals surface area (Å²) in [6, 6.07) is 4.11. The largest absolute Gasteiger partial charge is 0.491 e. The van der Waals surface area contributed by atoms with E-state index in [4.69, 9.17) is 9.88 Å². The molecular formula is C14H20N2O4S. The molecule has 116 valence electrons. The highest BCUT2D eigenvalue weighted by atomic mass is 32.2. The Bertz CT molecular complexity index is 628. The molecule has 7 heteroatoms. The standard InChI is InChI=1S/C14H20N2O4S/c1-2-3-4-5-14(17)16-12-9-20-13-7-6-10(8-11(12)13)21(15,18)19/h6-8,12H,2-5,9H2,1H3,(H,16,17)(H2,15,18,19). The SMILES string of the molecule is CCCCCC(=O)NC1COc2ccc(S(N)(=O)=O)cc21. The molecule has 1 amide bonds. The molecule has 0 radical (unpaired) electrons. The fraction of sp³-hybridized carbons (Fsp3) is 0.500. The smallest absolute Gasteiger partial charge is 0.238 e. The maximum absolute atomic E-state index is 11.9. The lowest BCUT2D eigenvalue weighted by Crippen LogP contribution is -2.29. The van der Waals surface area contributed by atoms with Crippen LogP contribution in [-0.4, -0.2) is 20.9 Å². The predicted octanol–water partition coefficient (Wildman–Crippen LogP) is 1.46. The van der Waals surface area contributed by atoms with Crippen molar-refractivity contribution in [3.63, 3.8) is 0 Å². The van der Waals surface area contributed by atoms with Gasteiger partial charge in [0.25, 0.3) is 0 Å². The van der Waals surface area contributed by atoms with Crippen molar-refractivity contribution in [2.75, 3.05) is 6.61 Å². The maximum Gasteiger partial charge on any atom is 0.238 e. The number of hydrogen-bond acceptors (Lipinski definition) is 4. The number of fused-ring (bicyclic) bond motifs is 1. The molecule has 0 bridgehead atoms. The van der Waals surface area contributed by atoms with E-state index < -0.39 is 10.0 Å². The van der Waals surface area contributed by atoms with Crippen molar-refractivity contribution in [1.82, 2.24) is 5.32 Å². The molecule has 0 spiro atoms. The Morgan fingerprint density at radius 3 is 2.86 bits per heavy atom. The van der Waals surface area contributed by atoms with Gasteiger partial charge in [0, 0.05) is 12.0 Å². The van der Waals surface area contributed by atoms with E-state index in [1.54, 1.807) is 6.07 Å². The Morgan fingerprint density at radius 1 is 1.43 bits per heavy atom. The molecule has 21 heavy (non-hydrogen) atoms. The number of amides is 1. The summed E-state index contributed by atoms with van der Waals surface area (Å²) in [5.41, 5.74) is 0.658. The van der Waals surface area contributed by atoms with Crippen LogP contribution in [0.3, 0.4) is 0 Å². The first-order valence-corrected chi connectivity index (χ1v) is 8.55. The monoisotopic (exact) mass is 312 g/mol. The van der Waals surface area contributed by atoms with E-state index >= 15 is 0 Å². The number of carbonyl (C=O) groups is 1. The number of ether oxygens (including phenoxy) is 1. The highest BCUT2D eigenvalue weighted by Gasteiger charge is 2.27. The number of hydrogen-bond donors (Lipinski definition) is 2. The summed E-state index contributed by atoms with van der Waals surface area (Å²) in [5, 5.41) is 8.00. The maximum atomic E-state index is 11.9. The third-order valence-electron chi connectivity index (χ3n) is 3.43. The van der Waals surface area contributed by atoms with Crippen LogP contribution in [0, 0.1) is 0 Å². The topological polar surface area (TPSA) is 98.5 Å². The van der Waals surface area contributed by atoms with Crippen LogP contribution in [0.2, 0.25) is 0 Å². The second-order valence-corrected chi connectivity index (χ2v) is 6.69. The fourth-order valence-corrected chi connectivity index (χ4v) is 2.84. The van der Waals surface area contributed by atoms with Crippen molar-refractivity contribution >= 4 is 15.9 Å². The van der Waals surface area contributed by atoms with Crippen molar-refractivity contribution in [2.24, 2.45) is 5.14 Å². The van der Waals surface area contributed by atoms with Crippen molar-refractivity contribution in [1.29, 1.82) is 0 Å². The number of rotatable bonds is 6. The van der Waals surface area contributed by atoms with Crippen LogP contribution in [0.4, 0.5) is 0 Å². The van der Waals surface area contributed by atoms with E-state index in [0.29, 0.717) is 24.3 Å². The number of unbranched alkanes of at least 4 members (excludes halogenated alkanes) is 2. The molecule has 0 aromatic heterocycles. The third kappa shape index (κ3) is 3.95. The molecular weight excluding hydrogens is 292 g/mol. The predicted molar refractivity (Wildman–Crippen MR) is 78.3 cm³/mol. The van der Waals surface area contributed by atoms with Gasteiger partial charge >= 0.3 is 0 Å². The lowest BCUT2D eigenvalue weighted by atomic mass is 10.1. The molecule has 1 unspecified atom stereocenters. The number of sulfonamides is 1. The summed E-state index contributed by atoms with van der Waals surface area (Å²) in [5.74, 6) is 0.534. The minimum Gasteiger partial charge on any atom is -0.491 e. The molecule has 1 aliphatic rings. The normalized spacial score (nSPS) is 17.1. The molecule has 1 aromatic carbocycles. The highest BCUT2D eigenvalue weighted by molar-refractivity contribution is 7.89. The van der Waals surface area contributed by atoms with Gasteiger partial charge in [-0.3, -0.25) is 4.79 Å². The minimum atomic E-state index is -3.76. The Hall–Kier alpha value is -1.60. The minimum absolute atomic E-state index is 0.0250. The van der Waals surface area contributed by atoms with E-state index in [-0.39, 0.29) is 16.8 Å². The van der Waals surface area contributed by atoms with Crippen molar-refractivity contribution in [2.45, 2.75) is 43.5 Å². The first-order valence-electron chi connectivity index (χ1n) is 7.00. The van der Waals surface area contributed by atoms with E-state index in [1.807, 2.05) is 0 Å². The van der Waals surface area contributed by atoms with Crippen LogP contribution < -0.4 is 15.2 Å². The Kier molecular flexibility index (Phi) is 4.84. The van der Waals surface area contributed by atoms with Gasteiger partial charge in [-0.2, -0.15) is 0 Å². The van der Waals surface area contributed by atoms with Crippen molar-refractivity contribution in [3.8, 4) is 5.75 Å². The van der Waals surface area contributed by atoms with Gasteiger partial charge in [-0.05, 0) is 24.6 Å². The fourth-order valence-electron chi connectivity index (χ4n) is 2.29. The summed E-state index contributed by atoms with van der Waals surface area (Å²) in [4.78, 5) is 11.9. The van der Waals surface area contributed by atoms with E-state index in [9.17, 15) is 13.2 Å². The number of nitrogens with two attached hydrogens (primary N) is 1. The van der Waals surface area contributed by atoms with Gasteiger partial charge < -0.3 is 10.1 Å². The Labute approximate surface area is 124 Å². The zero-order chi connectivity index (χ0) is 15.5. The van der Waals surface area contributed by atoms with Crippen LogP contribution >= 0.6 is 0 Å². The number of carbonyl (C=O) groups excluding carboxylic acids is 1. The molecule has 1 atom stereocenters. The van der Waals surface area contributed by atoms with E-state index in [0.717, 1.165) is 19.3 Å². The number of nitrogens with one attached hydrogen (secondary N) is 1. The van der Waals surface area contributed by atoms with Gasteiger partial charge in [-0.1, -0.05) is 19.8 Å². The molecule has 0 fully saturated rings. The number of benzene rings is 1. The third-order valence-corrected chi connectivity index (χ3v) is 4.34. The van der Waals surface area contributed by atoms with E-state index in [2.05, 4.69) is 12.2 Å². The molecule has 0 saturated heterocycles. The van der Waals surface area contributed by atoms with Crippen LogP contribution in [0.25, 0.3) is 0 Å². The van der Waals surface area contributed by atoms with Gasteiger partial charge in [0.05, 0.1) is 10.9 Å². The average Bonchev–Trinajstić information content (AvgIpc) is 2.80. The molecule has 1 aromatic rings. The molecule has 3 N–H and O–H groups in total. The van der Waals surface area contributed by atoms with Crippen LogP contribution in [0.15, 0.2) is 23.1 Å². The quantitative estimate of drug-likeness (QED) is 0.777. The zero-order valence-corrected chi connectivity index (χ0v) is 12.8. The molecule has 6 nitrogen and oxygen atoms in total. The summed E-state index contributed by atoms with van der Waals surface area (Å²) in [7, 11) is -3.76. The lowest BCUT2D eigenvalue weighted by Gasteiger charge is -2.12. The lowest BCUT2D eigenvalue weighted by molar-refractivity contribution is -0.122. The Morgan fingerprint density at radius 2 is 2.19 bits per heavy atom. The van der Waals surface area contributed by atoms with Crippen molar-refractivity contribution < 1.29 is 17.9 Å². The van der Waals surface area contributed by atoms with Gasteiger partial charge in [0.1, 0.15) is 12.4 Å². The van der Waals surface area contributed by atoms with Gasteiger partial charge in [0.15, 0.2) is 0 Å². The highest BCUT2D eigenvalue weighted by Crippen LogP contribution is 2.33. The average molecular weight is 312 g/mol. The second kappa shape index (κ2) is 6.44. The zero-order valence-electron chi connectivity index (χ0n) is 12.0. The Balaban J connectivity index is 2.08. The van der Waals surface area contributed by atoms with Gasteiger partial charge in [-0.25, -0.2) is 13.6 Å². The van der Waals surface area contributed by atoms with Crippen LogP contribution in [0.1, 0.15) is 44.2 Å². The molecule has 1 heterocycles. The van der Waals surface area contributed by atoms with Crippen LogP contribution in [0.5, 0.6) is 5.75 Å². The first kappa shape index (κ1) is 15.8. The second-order valence-electron chi connectivity index (χ2n) is 5.13. The van der Waals surface area contributed by atoms with E-state index in [1.165, 1.54) is 12.1 Å². The summed E-state index contributed by atoms with van der Waals surface area (Å²) < 4.78 is 28.2. The molecule has 1 aliphatic heterocycles. The van der Waals surface area contributed by atoms with Crippen molar-refractivity contribution in [3.05, 3.63) is 23.8 Å². The van der Waals surface area contributed by atoms with Crippen LogP contribution in [-0.2, 0) is 14.8 Å². The summed E-state index contributed by atoms with van der Waals surface area (Å²) in [6.45, 7) is 2.39. The molecule has 0 saturated carbocycles. The first-order chi connectivity index (χ1) is 9.91. The summed E-state index contributed by atoms with van der Waals surface area (Å²) >= 11 is 0. The molecule has 2 rings (SSSR count).